The number of nitrogens with zero attached hydrogens (tertiary/aromatic N) is 2. The number of hydrogen-bond acceptors (Lipinski definition) is 4. The molecule has 0 bridgehead atoms. The first-order valence-corrected chi connectivity index (χ1v) is 7.55. The Balaban J connectivity index is 0.000000351. The average molecular weight is 349 g/mol. The Morgan fingerprint density at radius 1 is 1.33 bits per heavy atom. The molecule has 0 aromatic heterocycles. The fraction of sp³-hybridized carbons (Fsp3) is 0.800. The summed E-state index contributed by atoms with van der Waals surface area (Å²) in [5, 5.41) is 16.2. The third-order valence-electron chi connectivity index (χ3n) is 3.90. The van der Waals surface area contributed by atoms with Crippen LogP contribution in [0.1, 0.15) is 40.0 Å². The van der Waals surface area contributed by atoms with Crippen LogP contribution in [-0.4, -0.2) is 46.2 Å². The lowest BCUT2D eigenvalue weighted by Gasteiger charge is -2.29. The Kier molecular flexibility index (Phi) is 5.87. The summed E-state index contributed by atoms with van der Waals surface area (Å²) < 4.78 is 31.7. The second kappa shape index (κ2) is 6.97. The zero-order chi connectivity index (χ0) is 18.9. The molecule has 0 radical (unpaired) electrons. The first-order chi connectivity index (χ1) is 10.8. The molecule has 1 saturated heterocycles. The Morgan fingerprint density at radius 2 is 1.83 bits per heavy atom. The molecule has 1 aliphatic carbocycles. The molecular weight excluding hydrogens is 327 g/mol. The van der Waals surface area contributed by atoms with Gasteiger partial charge in [-0.15, -0.1) is 0 Å². The molecule has 2 fully saturated rings. The predicted molar refractivity (Wildman–Crippen MR) is 78.5 cm³/mol. The summed E-state index contributed by atoms with van der Waals surface area (Å²) in [6.07, 6.45) is -2.51. The van der Waals surface area contributed by atoms with Gasteiger partial charge in [-0.2, -0.15) is 18.4 Å². The summed E-state index contributed by atoms with van der Waals surface area (Å²) in [6, 6.07) is 1.82. The predicted octanol–water partition coefficient (Wildman–Crippen LogP) is 1.90. The highest BCUT2D eigenvalue weighted by molar-refractivity contribution is 5.83. The lowest BCUT2D eigenvalue weighted by molar-refractivity contribution is -0.192. The number of nitrogens with two attached hydrogens (primary N) is 1. The normalized spacial score (nSPS) is 26.6. The van der Waals surface area contributed by atoms with E-state index in [0.717, 1.165) is 12.8 Å². The number of fused-ring (bicyclic) bond motifs is 1. The first kappa shape index (κ1) is 20.2. The van der Waals surface area contributed by atoms with Gasteiger partial charge in [-0.25, -0.2) is 4.79 Å². The minimum absolute atomic E-state index is 0.0310. The molecule has 0 unspecified atom stereocenters. The van der Waals surface area contributed by atoms with Gasteiger partial charge in [0.1, 0.15) is 6.04 Å². The van der Waals surface area contributed by atoms with Crippen LogP contribution in [0.5, 0.6) is 0 Å². The smallest absolute Gasteiger partial charge is 0.475 e. The SMILES string of the molecule is CC(C)(C)C[C@H](N)C(=O)N1[C@H](C#N)C[C@@H]2C[C@@H]21.O=C(O)C(F)(F)F. The lowest BCUT2D eigenvalue weighted by Crippen LogP contribution is -2.48. The monoisotopic (exact) mass is 349 g/mol. The number of carboxylic acids is 1. The van der Waals surface area contributed by atoms with Gasteiger partial charge >= 0.3 is 12.1 Å². The van der Waals surface area contributed by atoms with E-state index in [2.05, 4.69) is 26.8 Å². The minimum atomic E-state index is -5.08. The van der Waals surface area contributed by atoms with E-state index in [1.54, 1.807) is 4.90 Å². The van der Waals surface area contributed by atoms with E-state index >= 15 is 0 Å². The summed E-state index contributed by atoms with van der Waals surface area (Å²) in [7, 11) is 0. The molecule has 1 amide bonds. The Labute approximate surface area is 138 Å². The van der Waals surface area contributed by atoms with Gasteiger partial charge in [-0.05, 0) is 30.6 Å². The number of carboxylic acid groups (broad SMARTS) is 1. The number of rotatable bonds is 2. The molecule has 1 saturated carbocycles. The Bertz CT molecular complexity index is 537. The van der Waals surface area contributed by atoms with E-state index < -0.39 is 18.2 Å². The fourth-order valence-corrected chi connectivity index (χ4v) is 2.83. The summed E-state index contributed by atoms with van der Waals surface area (Å²) in [4.78, 5) is 22.9. The molecule has 4 atom stereocenters. The molecule has 24 heavy (non-hydrogen) atoms. The number of carbonyl (C=O) groups is 2. The number of nitriles is 1. The van der Waals surface area contributed by atoms with Crippen molar-refractivity contribution < 1.29 is 27.9 Å². The van der Waals surface area contributed by atoms with Crippen LogP contribution < -0.4 is 5.73 Å². The Morgan fingerprint density at radius 3 is 2.21 bits per heavy atom. The van der Waals surface area contributed by atoms with Gasteiger partial charge in [0.25, 0.3) is 0 Å². The minimum Gasteiger partial charge on any atom is -0.475 e. The molecule has 0 aromatic rings. The van der Waals surface area contributed by atoms with Crippen LogP contribution in [0.15, 0.2) is 0 Å². The van der Waals surface area contributed by atoms with Crippen LogP contribution in [0.4, 0.5) is 13.2 Å². The molecule has 1 heterocycles. The van der Waals surface area contributed by atoms with Gasteiger partial charge in [-0.3, -0.25) is 4.79 Å². The molecule has 136 valence electrons. The van der Waals surface area contributed by atoms with Crippen molar-refractivity contribution in [1.82, 2.24) is 4.90 Å². The van der Waals surface area contributed by atoms with Gasteiger partial charge in [0.05, 0.1) is 12.1 Å². The number of alkyl halides is 3. The number of aliphatic carboxylic acids is 1. The average Bonchev–Trinajstić information content (AvgIpc) is 3.06. The van der Waals surface area contributed by atoms with Crippen molar-refractivity contribution >= 4 is 11.9 Å². The van der Waals surface area contributed by atoms with Gasteiger partial charge in [0.15, 0.2) is 0 Å². The summed E-state index contributed by atoms with van der Waals surface area (Å²) in [6.45, 7) is 6.23. The molecule has 2 rings (SSSR count). The largest absolute Gasteiger partial charge is 0.490 e. The Hall–Kier alpha value is -1.82. The van der Waals surface area contributed by atoms with Crippen molar-refractivity contribution in [3.8, 4) is 6.07 Å². The quantitative estimate of drug-likeness (QED) is 0.792. The van der Waals surface area contributed by atoms with E-state index in [0.29, 0.717) is 18.4 Å². The third kappa shape index (κ3) is 5.37. The van der Waals surface area contributed by atoms with E-state index in [1.807, 2.05) is 0 Å². The van der Waals surface area contributed by atoms with E-state index in [4.69, 9.17) is 20.9 Å². The van der Waals surface area contributed by atoms with Gasteiger partial charge in [0.2, 0.25) is 5.91 Å². The van der Waals surface area contributed by atoms with Crippen LogP contribution >= 0.6 is 0 Å². The maximum atomic E-state index is 12.3. The van der Waals surface area contributed by atoms with Crippen LogP contribution in [0.3, 0.4) is 0 Å². The van der Waals surface area contributed by atoms with Gasteiger partial charge < -0.3 is 15.7 Å². The number of likely N-dealkylation sites (tertiary alicyclic amines) is 1. The molecule has 3 N–H and O–H groups in total. The number of hydrogen-bond donors (Lipinski definition) is 2. The topological polar surface area (TPSA) is 107 Å². The number of amides is 1. The lowest BCUT2D eigenvalue weighted by atomic mass is 9.88. The number of piperidine rings is 1. The van der Waals surface area contributed by atoms with Gasteiger partial charge in [0, 0.05) is 6.04 Å². The zero-order valence-corrected chi connectivity index (χ0v) is 13.8. The number of carbonyl (C=O) groups excluding carboxylic acids is 1. The molecule has 6 nitrogen and oxygen atoms in total. The molecular formula is C15H22F3N3O3. The first-order valence-electron chi connectivity index (χ1n) is 7.55. The van der Waals surface area contributed by atoms with Gasteiger partial charge in [-0.1, -0.05) is 20.8 Å². The van der Waals surface area contributed by atoms with Crippen molar-refractivity contribution in [3.05, 3.63) is 0 Å². The molecule has 9 heteroatoms. The van der Waals surface area contributed by atoms with E-state index in [9.17, 15) is 18.0 Å². The van der Waals surface area contributed by atoms with Crippen molar-refractivity contribution in [2.45, 2.75) is 64.3 Å². The molecule has 1 aliphatic heterocycles. The highest BCUT2D eigenvalue weighted by Crippen LogP contribution is 2.47. The van der Waals surface area contributed by atoms with Crippen molar-refractivity contribution in [3.63, 3.8) is 0 Å². The third-order valence-corrected chi connectivity index (χ3v) is 3.90. The second-order valence-electron chi connectivity index (χ2n) is 7.36. The fourth-order valence-electron chi connectivity index (χ4n) is 2.83. The van der Waals surface area contributed by atoms with Crippen molar-refractivity contribution in [2.24, 2.45) is 17.1 Å². The van der Waals surface area contributed by atoms with Crippen molar-refractivity contribution in [2.75, 3.05) is 0 Å². The van der Waals surface area contributed by atoms with Crippen molar-refractivity contribution in [1.29, 1.82) is 5.26 Å². The standard InChI is InChI=1S/C13H21N3O.C2HF3O2/c1-13(2,3)6-10(15)12(17)16-9(7-14)4-8-5-11(8)16;3-2(4,5)1(6)7/h8-11H,4-6,15H2,1-3H3;(H,6,7)/t8-,9+,10+,11+;/m1./s1. The highest BCUT2D eigenvalue weighted by Gasteiger charge is 2.54. The maximum Gasteiger partial charge on any atom is 0.490 e. The molecule has 2 aliphatic rings. The molecule has 0 aromatic carbocycles. The van der Waals surface area contributed by atoms with Crippen LogP contribution in [0.2, 0.25) is 0 Å². The maximum absolute atomic E-state index is 12.3. The zero-order valence-electron chi connectivity index (χ0n) is 13.8. The number of halogens is 3. The summed E-state index contributed by atoms with van der Waals surface area (Å²) in [5.41, 5.74) is 6.02. The van der Waals surface area contributed by atoms with E-state index in [1.165, 1.54) is 0 Å². The second-order valence-corrected chi connectivity index (χ2v) is 7.36. The van der Waals surface area contributed by atoms with Crippen LogP contribution in [0, 0.1) is 22.7 Å². The van der Waals surface area contributed by atoms with Crippen LogP contribution in [0.25, 0.3) is 0 Å². The van der Waals surface area contributed by atoms with Crippen LogP contribution in [-0.2, 0) is 9.59 Å². The molecule has 0 spiro atoms. The highest BCUT2D eigenvalue weighted by atomic mass is 19.4. The summed E-state index contributed by atoms with van der Waals surface area (Å²) in [5.74, 6) is -2.23. The van der Waals surface area contributed by atoms with E-state index in [-0.39, 0.29) is 17.4 Å². The summed E-state index contributed by atoms with van der Waals surface area (Å²) >= 11 is 0.